The molecule has 0 N–H and O–H groups in total. The lowest BCUT2D eigenvalue weighted by molar-refractivity contribution is -0.130. The zero-order valence-corrected chi connectivity index (χ0v) is 13.5. The van der Waals surface area contributed by atoms with Crippen molar-refractivity contribution in [2.75, 3.05) is 19.1 Å². The van der Waals surface area contributed by atoms with Gasteiger partial charge in [-0.05, 0) is 29.1 Å². The molecule has 0 radical (unpaired) electrons. The van der Waals surface area contributed by atoms with Gasteiger partial charge in [0.05, 0.1) is 6.42 Å². The Morgan fingerprint density at radius 2 is 2.18 bits per heavy atom. The van der Waals surface area contributed by atoms with E-state index in [1.165, 1.54) is 0 Å². The van der Waals surface area contributed by atoms with Crippen LogP contribution in [-0.4, -0.2) is 29.9 Å². The summed E-state index contributed by atoms with van der Waals surface area (Å²) in [6.45, 7) is 1.08. The molecule has 2 aliphatic heterocycles. The molecule has 1 amide bonds. The number of fused-ring (bicyclic) bond motifs is 1. The Morgan fingerprint density at radius 3 is 3.05 bits per heavy atom. The Bertz CT molecular complexity index is 687. The molecule has 6 heteroatoms. The van der Waals surface area contributed by atoms with Crippen LogP contribution in [0.1, 0.15) is 15.8 Å². The topological polar surface area (TPSA) is 38.8 Å². The number of amides is 1. The van der Waals surface area contributed by atoms with Gasteiger partial charge in [0.1, 0.15) is 5.37 Å². The third kappa shape index (κ3) is 2.57. The first-order chi connectivity index (χ1) is 10.8. The molecule has 1 fully saturated rings. The van der Waals surface area contributed by atoms with E-state index in [9.17, 15) is 4.79 Å². The fourth-order valence-electron chi connectivity index (χ4n) is 2.73. The van der Waals surface area contributed by atoms with E-state index in [0.29, 0.717) is 6.42 Å². The van der Waals surface area contributed by atoms with Crippen molar-refractivity contribution < 1.29 is 14.3 Å². The average molecular weight is 333 g/mol. The largest absolute Gasteiger partial charge is 0.454 e. The van der Waals surface area contributed by atoms with Crippen LogP contribution >= 0.6 is 23.1 Å². The lowest BCUT2D eigenvalue weighted by Crippen LogP contribution is -2.31. The average Bonchev–Trinajstić information content (AvgIpc) is 3.27. The highest BCUT2D eigenvalue weighted by Gasteiger charge is 2.31. The quantitative estimate of drug-likeness (QED) is 0.864. The fourth-order valence-corrected chi connectivity index (χ4v) is 4.70. The highest BCUT2D eigenvalue weighted by molar-refractivity contribution is 7.99. The van der Waals surface area contributed by atoms with Crippen molar-refractivity contribution in [2.24, 2.45) is 0 Å². The van der Waals surface area contributed by atoms with Crippen molar-refractivity contribution in [3.05, 3.63) is 46.2 Å². The Balaban J connectivity index is 1.54. The van der Waals surface area contributed by atoms with Crippen LogP contribution in [0.4, 0.5) is 0 Å². The number of thioether (sulfide) groups is 1. The molecule has 1 aromatic carbocycles. The second-order valence-electron chi connectivity index (χ2n) is 5.18. The molecule has 22 heavy (non-hydrogen) atoms. The molecule has 0 bridgehead atoms. The number of carbonyl (C=O) groups is 1. The van der Waals surface area contributed by atoms with Crippen molar-refractivity contribution in [1.29, 1.82) is 0 Å². The number of thiophene rings is 1. The Hall–Kier alpha value is -1.66. The highest BCUT2D eigenvalue weighted by atomic mass is 32.2. The van der Waals surface area contributed by atoms with E-state index >= 15 is 0 Å². The number of nitrogens with zero attached hydrogens (tertiary/aromatic N) is 1. The molecule has 0 saturated carbocycles. The van der Waals surface area contributed by atoms with Gasteiger partial charge in [0.25, 0.3) is 0 Å². The molecule has 0 spiro atoms. The molecule has 4 nitrogen and oxygen atoms in total. The normalized spacial score (nSPS) is 19.6. The summed E-state index contributed by atoms with van der Waals surface area (Å²) in [6.07, 6.45) is 0.485. The molecular weight excluding hydrogens is 318 g/mol. The van der Waals surface area contributed by atoms with E-state index in [1.807, 2.05) is 40.6 Å². The molecule has 1 saturated heterocycles. The van der Waals surface area contributed by atoms with Crippen molar-refractivity contribution in [2.45, 2.75) is 11.8 Å². The second-order valence-corrected chi connectivity index (χ2v) is 7.40. The highest BCUT2D eigenvalue weighted by Crippen LogP contribution is 2.42. The fraction of sp³-hybridized carbons (Fsp3) is 0.312. The predicted molar refractivity (Wildman–Crippen MR) is 87.5 cm³/mol. The van der Waals surface area contributed by atoms with Crippen LogP contribution in [0, 0.1) is 0 Å². The molecule has 2 aromatic rings. The van der Waals surface area contributed by atoms with Crippen LogP contribution in [-0.2, 0) is 11.2 Å². The van der Waals surface area contributed by atoms with Gasteiger partial charge in [0.15, 0.2) is 11.5 Å². The number of carbonyl (C=O) groups excluding carboxylic acids is 1. The van der Waals surface area contributed by atoms with Crippen molar-refractivity contribution in [3.8, 4) is 11.5 Å². The van der Waals surface area contributed by atoms with Crippen molar-refractivity contribution >= 4 is 29.0 Å². The van der Waals surface area contributed by atoms with E-state index in [0.717, 1.165) is 34.2 Å². The molecule has 1 unspecified atom stereocenters. The van der Waals surface area contributed by atoms with E-state index in [-0.39, 0.29) is 18.1 Å². The zero-order chi connectivity index (χ0) is 14.9. The molecule has 3 heterocycles. The molecular formula is C16H15NO3S2. The third-order valence-electron chi connectivity index (χ3n) is 3.80. The lowest BCUT2D eigenvalue weighted by Gasteiger charge is -2.24. The maximum atomic E-state index is 12.6. The molecule has 114 valence electrons. The van der Waals surface area contributed by atoms with Crippen LogP contribution in [0.25, 0.3) is 0 Å². The minimum absolute atomic E-state index is 0.0713. The van der Waals surface area contributed by atoms with Gasteiger partial charge < -0.3 is 14.4 Å². The summed E-state index contributed by atoms with van der Waals surface area (Å²) >= 11 is 3.43. The van der Waals surface area contributed by atoms with E-state index in [2.05, 4.69) is 0 Å². The van der Waals surface area contributed by atoms with Crippen LogP contribution in [0.5, 0.6) is 11.5 Å². The SMILES string of the molecule is O=C(Cc1cccs1)N1CCSC1c1ccc2c(c1)OCO2. The Labute approximate surface area is 137 Å². The Kier molecular flexibility index (Phi) is 3.72. The first kappa shape index (κ1) is 14.0. The first-order valence-electron chi connectivity index (χ1n) is 7.14. The number of ether oxygens (including phenoxy) is 2. The van der Waals surface area contributed by atoms with Gasteiger partial charge in [-0.2, -0.15) is 0 Å². The van der Waals surface area contributed by atoms with Crippen molar-refractivity contribution in [3.63, 3.8) is 0 Å². The van der Waals surface area contributed by atoms with E-state index in [4.69, 9.17) is 9.47 Å². The van der Waals surface area contributed by atoms with Crippen LogP contribution < -0.4 is 9.47 Å². The molecule has 1 atom stereocenters. The molecule has 0 aliphatic carbocycles. The molecule has 1 aromatic heterocycles. The van der Waals surface area contributed by atoms with E-state index < -0.39 is 0 Å². The maximum Gasteiger partial charge on any atom is 0.231 e. The Morgan fingerprint density at radius 1 is 1.27 bits per heavy atom. The maximum absolute atomic E-state index is 12.6. The lowest BCUT2D eigenvalue weighted by atomic mass is 10.1. The monoisotopic (exact) mass is 333 g/mol. The summed E-state index contributed by atoms with van der Waals surface area (Å²) in [5.41, 5.74) is 1.10. The van der Waals surface area contributed by atoms with E-state index in [1.54, 1.807) is 23.1 Å². The summed E-state index contributed by atoms with van der Waals surface area (Å²) in [4.78, 5) is 15.7. The predicted octanol–water partition coefficient (Wildman–Crippen LogP) is 3.29. The standard InChI is InChI=1S/C16H15NO3S2/c18-15(9-12-2-1-6-21-12)17-5-7-22-16(17)11-3-4-13-14(8-11)20-10-19-13/h1-4,6,8,16H,5,7,9-10H2. The third-order valence-corrected chi connectivity index (χ3v) is 5.94. The smallest absolute Gasteiger partial charge is 0.231 e. The van der Waals surface area contributed by atoms with Crippen LogP contribution in [0.15, 0.2) is 35.7 Å². The van der Waals surface area contributed by atoms with Crippen molar-refractivity contribution in [1.82, 2.24) is 4.90 Å². The number of benzene rings is 1. The zero-order valence-electron chi connectivity index (χ0n) is 11.9. The van der Waals surface area contributed by atoms with Gasteiger partial charge in [0, 0.05) is 17.2 Å². The van der Waals surface area contributed by atoms with Crippen LogP contribution in [0.3, 0.4) is 0 Å². The first-order valence-corrected chi connectivity index (χ1v) is 9.07. The molecule has 2 aliphatic rings. The number of hydrogen-bond acceptors (Lipinski definition) is 5. The van der Waals surface area contributed by atoms with Gasteiger partial charge >= 0.3 is 0 Å². The summed E-state index contributed by atoms with van der Waals surface area (Å²) in [7, 11) is 0. The minimum Gasteiger partial charge on any atom is -0.454 e. The van der Waals surface area contributed by atoms with Crippen LogP contribution in [0.2, 0.25) is 0 Å². The van der Waals surface area contributed by atoms with Gasteiger partial charge in [-0.15, -0.1) is 23.1 Å². The van der Waals surface area contributed by atoms with Gasteiger partial charge in [-0.1, -0.05) is 12.1 Å². The number of rotatable bonds is 3. The minimum atomic E-state index is 0.0713. The summed E-state index contributed by atoms with van der Waals surface area (Å²) in [5.74, 6) is 2.71. The van der Waals surface area contributed by atoms with Gasteiger partial charge in [-0.3, -0.25) is 4.79 Å². The molecule has 4 rings (SSSR count). The summed E-state index contributed by atoms with van der Waals surface area (Å²) < 4.78 is 10.8. The van der Waals surface area contributed by atoms with Gasteiger partial charge in [-0.25, -0.2) is 0 Å². The summed E-state index contributed by atoms with van der Waals surface area (Å²) in [5, 5.41) is 2.08. The second kappa shape index (κ2) is 5.85. The van der Waals surface area contributed by atoms with Gasteiger partial charge in [0.2, 0.25) is 12.7 Å². The number of hydrogen-bond donors (Lipinski definition) is 0. The summed E-state index contributed by atoms with van der Waals surface area (Å²) in [6, 6.07) is 9.96.